The van der Waals surface area contributed by atoms with Crippen molar-refractivity contribution in [1.82, 2.24) is 19.9 Å². The molecule has 0 bridgehead atoms. The molecule has 2 aromatic heterocycles. The van der Waals surface area contributed by atoms with E-state index >= 15 is 0 Å². The van der Waals surface area contributed by atoms with E-state index in [9.17, 15) is 4.39 Å². The summed E-state index contributed by atoms with van der Waals surface area (Å²) in [6, 6.07) is 3.53. The molecule has 0 saturated heterocycles. The third kappa shape index (κ3) is 3.63. The van der Waals surface area contributed by atoms with E-state index in [0.29, 0.717) is 6.04 Å². The van der Waals surface area contributed by atoms with Gasteiger partial charge in [-0.25, -0.2) is 9.37 Å². The van der Waals surface area contributed by atoms with Crippen LogP contribution in [0, 0.1) is 5.82 Å². The number of aryl methyl sites for hydroxylation is 1. The summed E-state index contributed by atoms with van der Waals surface area (Å²) in [5, 5.41) is 3.47. The van der Waals surface area contributed by atoms with Crippen LogP contribution in [-0.2, 0) is 13.0 Å². The van der Waals surface area contributed by atoms with Gasteiger partial charge >= 0.3 is 0 Å². The summed E-state index contributed by atoms with van der Waals surface area (Å²) in [4.78, 5) is 8.59. The molecule has 0 aliphatic heterocycles. The zero-order valence-corrected chi connectivity index (χ0v) is 12.2. The SMILES string of the molecule is CCn1ccnc1CC(NC(C)C)c1ccc(F)cn1. The van der Waals surface area contributed by atoms with Crippen molar-refractivity contribution in [3.8, 4) is 0 Å². The minimum absolute atomic E-state index is 0.0308. The lowest BCUT2D eigenvalue weighted by molar-refractivity contribution is 0.450. The van der Waals surface area contributed by atoms with Gasteiger partial charge in [-0.15, -0.1) is 0 Å². The van der Waals surface area contributed by atoms with E-state index in [-0.39, 0.29) is 11.9 Å². The van der Waals surface area contributed by atoms with E-state index < -0.39 is 0 Å². The number of pyridine rings is 1. The van der Waals surface area contributed by atoms with Gasteiger partial charge < -0.3 is 9.88 Å². The number of rotatable bonds is 6. The van der Waals surface area contributed by atoms with Crippen LogP contribution in [0.1, 0.15) is 38.3 Å². The third-order valence-electron chi connectivity index (χ3n) is 3.17. The maximum absolute atomic E-state index is 13.0. The van der Waals surface area contributed by atoms with E-state index in [4.69, 9.17) is 0 Å². The van der Waals surface area contributed by atoms with E-state index in [0.717, 1.165) is 24.5 Å². The molecule has 0 radical (unpaired) electrons. The summed E-state index contributed by atoms with van der Waals surface area (Å²) >= 11 is 0. The lowest BCUT2D eigenvalue weighted by Gasteiger charge is -2.21. The molecule has 2 rings (SSSR count). The average Bonchev–Trinajstić information content (AvgIpc) is 2.85. The molecule has 0 aromatic carbocycles. The van der Waals surface area contributed by atoms with Crippen LogP contribution in [0.4, 0.5) is 4.39 Å². The summed E-state index contributed by atoms with van der Waals surface area (Å²) in [7, 11) is 0. The van der Waals surface area contributed by atoms with Crippen LogP contribution in [0.2, 0.25) is 0 Å². The summed E-state index contributed by atoms with van der Waals surface area (Å²) in [6.07, 6.45) is 5.78. The highest BCUT2D eigenvalue weighted by molar-refractivity contribution is 5.12. The molecule has 0 amide bonds. The standard InChI is InChI=1S/C15H21FN4/c1-4-20-8-7-17-15(20)9-14(19-11(2)3)13-6-5-12(16)10-18-13/h5-8,10-11,14,19H,4,9H2,1-3H3. The van der Waals surface area contributed by atoms with Crippen molar-refractivity contribution in [3.63, 3.8) is 0 Å². The fourth-order valence-corrected chi connectivity index (χ4v) is 2.25. The minimum atomic E-state index is -0.313. The Kier molecular flexibility index (Phi) is 4.84. The molecule has 0 spiro atoms. The molecular formula is C15H21FN4. The molecule has 2 aromatic rings. The second kappa shape index (κ2) is 6.61. The van der Waals surface area contributed by atoms with Gasteiger partial charge in [-0.3, -0.25) is 4.98 Å². The molecule has 0 aliphatic rings. The number of nitrogens with one attached hydrogen (secondary N) is 1. The van der Waals surface area contributed by atoms with Crippen LogP contribution >= 0.6 is 0 Å². The Morgan fingerprint density at radius 1 is 1.30 bits per heavy atom. The van der Waals surface area contributed by atoms with Crippen LogP contribution in [0.3, 0.4) is 0 Å². The van der Waals surface area contributed by atoms with Gasteiger partial charge in [0, 0.05) is 31.4 Å². The summed E-state index contributed by atoms with van der Waals surface area (Å²) in [5.41, 5.74) is 0.839. The predicted molar refractivity (Wildman–Crippen MR) is 76.8 cm³/mol. The molecule has 20 heavy (non-hydrogen) atoms. The van der Waals surface area contributed by atoms with Crippen molar-refractivity contribution >= 4 is 0 Å². The number of halogens is 1. The monoisotopic (exact) mass is 276 g/mol. The molecule has 5 heteroatoms. The van der Waals surface area contributed by atoms with Crippen molar-refractivity contribution in [2.24, 2.45) is 0 Å². The first kappa shape index (κ1) is 14.7. The molecule has 2 heterocycles. The number of aromatic nitrogens is 3. The van der Waals surface area contributed by atoms with Crippen LogP contribution < -0.4 is 5.32 Å². The fourth-order valence-electron chi connectivity index (χ4n) is 2.25. The predicted octanol–water partition coefficient (Wildman–Crippen LogP) is 2.72. The molecule has 1 N–H and O–H groups in total. The molecular weight excluding hydrogens is 255 g/mol. The topological polar surface area (TPSA) is 42.7 Å². The van der Waals surface area contributed by atoms with Gasteiger partial charge in [-0.1, -0.05) is 13.8 Å². The van der Waals surface area contributed by atoms with Crippen LogP contribution in [-0.4, -0.2) is 20.6 Å². The van der Waals surface area contributed by atoms with Gasteiger partial charge in [0.15, 0.2) is 0 Å². The summed E-state index contributed by atoms with van der Waals surface area (Å²) < 4.78 is 15.1. The van der Waals surface area contributed by atoms with Crippen molar-refractivity contribution < 1.29 is 4.39 Å². The number of imidazole rings is 1. The quantitative estimate of drug-likeness (QED) is 0.882. The molecule has 1 atom stereocenters. The molecule has 0 saturated carbocycles. The molecule has 108 valence electrons. The number of hydrogen-bond acceptors (Lipinski definition) is 3. The Labute approximate surface area is 119 Å². The highest BCUT2D eigenvalue weighted by Gasteiger charge is 2.17. The Bertz CT molecular complexity index is 533. The van der Waals surface area contributed by atoms with Gasteiger partial charge in [-0.05, 0) is 19.1 Å². The minimum Gasteiger partial charge on any atom is -0.335 e. The highest BCUT2D eigenvalue weighted by atomic mass is 19.1. The molecule has 0 aliphatic carbocycles. The highest BCUT2D eigenvalue weighted by Crippen LogP contribution is 2.17. The van der Waals surface area contributed by atoms with Crippen molar-refractivity contribution in [1.29, 1.82) is 0 Å². The smallest absolute Gasteiger partial charge is 0.141 e. The first-order valence-corrected chi connectivity index (χ1v) is 6.97. The first-order chi connectivity index (χ1) is 9.60. The summed E-state index contributed by atoms with van der Waals surface area (Å²) in [6.45, 7) is 7.15. The lowest BCUT2D eigenvalue weighted by Crippen LogP contribution is -2.31. The Hall–Kier alpha value is -1.75. The maximum atomic E-state index is 13.0. The van der Waals surface area contributed by atoms with E-state index in [1.807, 2.05) is 12.4 Å². The van der Waals surface area contributed by atoms with E-state index in [1.54, 1.807) is 6.07 Å². The molecule has 0 fully saturated rings. The third-order valence-corrected chi connectivity index (χ3v) is 3.17. The van der Waals surface area contributed by atoms with Crippen LogP contribution in [0.15, 0.2) is 30.7 Å². The molecule has 4 nitrogen and oxygen atoms in total. The van der Waals surface area contributed by atoms with Crippen molar-refractivity contribution in [3.05, 3.63) is 48.1 Å². The second-order valence-corrected chi connectivity index (χ2v) is 5.11. The Morgan fingerprint density at radius 2 is 2.10 bits per heavy atom. The van der Waals surface area contributed by atoms with Crippen LogP contribution in [0.25, 0.3) is 0 Å². The summed E-state index contributed by atoms with van der Waals surface area (Å²) in [5.74, 6) is 0.698. The molecule has 1 unspecified atom stereocenters. The second-order valence-electron chi connectivity index (χ2n) is 5.11. The van der Waals surface area contributed by atoms with Gasteiger partial charge in [0.2, 0.25) is 0 Å². The zero-order chi connectivity index (χ0) is 14.5. The normalized spacial score (nSPS) is 12.8. The van der Waals surface area contributed by atoms with Gasteiger partial charge in [0.05, 0.1) is 17.9 Å². The largest absolute Gasteiger partial charge is 0.335 e. The maximum Gasteiger partial charge on any atom is 0.141 e. The Morgan fingerprint density at radius 3 is 2.70 bits per heavy atom. The number of hydrogen-bond donors (Lipinski definition) is 1. The van der Waals surface area contributed by atoms with Gasteiger partial charge in [0.25, 0.3) is 0 Å². The number of nitrogens with zero attached hydrogens (tertiary/aromatic N) is 3. The van der Waals surface area contributed by atoms with E-state index in [1.165, 1.54) is 12.3 Å². The van der Waals surface area contributed by atoms with Crippen molar-refractivity contribution in [2.75, 3.05) is 0 Å². The lowest BCUT2D eigenvalue weighted by atomic mass is 10.1. The van der Waals surface area contributed by atoms with Crippen molar-refractivity contribution in [2.45, 2.75) is 45.8 Å². The van der Waals surface area contributed by atoms with Gasteiger partial charge in [-0.2, -0.15) is 0 Å². The zero-order valence-electron chi connectivity index (χ0n) is 12.2. The first-order valence-electron chi connectivity index (χ1n) is 6.97. The van der Waals surface area contributed by atoms with E-state index in [2.05, 4.69) is 40.6 Å². The van der Waals surface area contributed by atoms with Gasteiger partial charge in [0.1, 0.15) is 11.6 Å². The average molecular weight is 276 g/mol. The Balaban J connectivity index is 2.21. The fraction of sp³-hybridized carbons (Fsp3) is 0.467. The van der Waals surface area contributed by atoms with Crippen LogP contribution in [0.5, 0.6) is 0 Å².